The summed E-state index contributed by atoms with van der Waals surface area (Å²) in [4.78, 5) is 23.6. The Morgan fingerprint density at radius 1 is 1.22 bits per heavy atom. The number of hydrogen-bond acceptors (Lipinski definition) is 6. The number of ether oxygens (including phenoxy) is 2. The number of halogens is 4. The number of hydrogen-bond donors (Lipinski definition) is 1. The van der Waals surface area contributed by atoms with Crippen LogP contribution in [0, 0.1) is 11.7 Å². The van der Waals surface area contributed by atoms with E-state index in [2.05, 4.69) is 20.2 Å². The van der Waals surface area contributed by atoms with Crippen LogP contribution in [0.4, 0.5) is 28.0 Å². The molecule has 5 rings (SSSR count). The van der Waals surface area contributed by atoms with Crippen LogP contribution in [-0.2, 0) is 16.5 Å². The van der Waals surface area contributed by atoms with Gasteiger partial charge in [0.25, 0.3) is 0 Å². The van der Waals surface area contributed by atoms with E-state index in [4.69, 9.17) is 9.47 Å². The molecule has 37 heavy (non-hydrogen) atoms. The number of rotatable bonds is 6. The van der Waals surface area contributed by atoms with Crippen molar-refractivity contribution in [2.45, 2.75) is 42.9 Å². The lowest BCUT2D eigenvalue weighted by molar-refractivity contribution is -0.145. The van der Waals surface area contributed by atoms with Gasteiger partial charge in [-0.3, -0.25) is 9.80 Å². The van der Waals surface area contributed by atoms with Crippen molar-refractivity contribution in [1.82, 2.24) is 20.2 Å². The second kappa shape index (κ2) is 9.39. The van der Waals surface area contributed by atoms with Gasteiger partial charge in [-0.1, -0.05) is 12.1 Å². The third-order valence-corrected chi connectivity index (χ3v) is 7.77. The van der Waals surface area contributed by atoms with E-state index in [0.717, 1.165) is 11.8 Å². The van der Waals surface area contributed by atoms with Crippen LogP contribution in [0.2, 0.25) is 0 Å². The molecule has 0 atom stereocenters. The first kappa shape index (κ1) is 25.7. The number of nitrogens with zero attached hydrogens (tertiary/aromatic N) is 4. The molecule has 8 nitrogen and oxygen atoms in total. The third kappa shape index (κ3) is 4.84. The largest absolute Gasteiger partial charge is 0.476 e. The highest BCUT2D eigenvalue weighted by Gasteiger charge is 2.51. The Balaban J connectivity index is 1.38. The fraction of sp³-hybridized carbons (Fsp3) is 0.560. The van der Waals surface area contributed by atoms with Crippen molar-refractivity contribution in [1.29, 1.82) is 0 Å². The summed E-state index contributed by atoms with van der Waals surface area (Å²) >= 11 is 0. The molecule has 1 spiro atoms. The molecule has 2 aromatic rings. The summed E-state index contributed by atoms with van der Waals surface area (Å²) in [7, 11) is 3.91. The summed E-state index contributed by atoms with van der Waals surface area (Å²) in [5, 5.41) is 3.06. The molecule has 1 aromatic carbocycles. The normalized spacial score (nSPS) is 26.5. The topological polar surface area (TPSA) is 79.8 Å². The highest BCUT2D eigenvalue weighted by atomic mass is 19.4. The summed E-state index contributed by atoms with van der Waals surface area (Å²) in [6.07, 6.45) is -1.23. The van der Waals surface area contributed by atoms with E-state index in [1.165, 1.54) is 11.0 Å². The molecular weight excluding hydrogens is 494 g/mol. The van der Waals surface area contributed by atoms with Gasteiger partial charge in [-0.25, -0.2) is 14.2 Å². The predicted molar refractivity (Wildman–Crippen MR) is 126 cm³/mol. The molecule has 1 saturated carbocycles. The number of nitrogens with one attached hydrogen (secondary N) is 1. The zero-order valence-corrected chi connectivity index (χ0v) is 20.6. The molecule has 3 aliphatic rings. The maximum Gasteiger partial charge on any atom is 0.451 e. The highest BCUT2D eigenvalue weighted by Crippen LogP contribution is 2.47. The zero-order valence-electron chi connectivity index (χ0n) is 20.6. The molecular formula is C25H29F4N5O3. The molecule has 0 unspecified atom stereocenters. The molecule has 1 aromatic heterocycles. The van der Waals surface area contributed by atoms with Crippen molar-refractivity contribution < 1.29 is 31.8 Å². The van der Waals surface area contributed by atoms with E-state index < -0.39 is 29.1 Å². The highest BCUT2D eigenvalue weighted by molar-refractivity contribution is 5.96. The molecule has 3 heterocycles. The molecule has 2 saturated heterocycles. The molecule has 12 heteroatoms. The molecule has 1 N–H and O–H groups in total. The minimum Gasteiger partial charge on any atom is -0.476 e. The lowest BCUT2D eigenvalue weighted by Gasteiger charge is -2.48. The number of anilines is 1. The summed E-state index contributed by atoms with van der Waals surface area (Å²) in [5.74, 6) is -1.85. The van der Waals surface area contributed by atoms with Gasteiger partial charge in [0.05, 0.1) is 38.1 Å². The predicted octanol–water partition coefficient (Wildman–Crippen LogP) is 3.96. The van der Waals surface area contributed by atoms with Crippen molar-refractivity contribution in [3.05, 3.63) is 47.7 Å². The third-order valence-electron chi connectivity index (χ3n) is 7.77. The van der Waals surface area contributed by atoms with Gasteiger partial charge in [-0.2, -0.15) is 18.2 Å². The number of aromatic nitrogens is 2. The van der Waals surface area contributed by atoms with E-state index in [1.54, 1.807) is 12.1 Å². The Hall–Kier alpha value is -2.99. The molecule has 3 fully saturated rings. The van der Waals surface area contributed by atoms with Crippen LogP contribution in [0.5, 0.6) is 5.88 Å². The van der Waals surface area contributed by atoms with E-state index >= 15 is 0 Å². The van der Waals surface area contributed by atoms with Gasteiger partial charge >= 0.3 is 12.2 Å². The standard InChI is InChI=1S/C25H29F4N5O3/c1-33(2)24(17-4-3-5-18(26)10-17)8-6-23(7-9-24)15-34(22(35)32-23)19-11-30-21(25(27,28)29)31-20(19)37-14-16-12-36-13-16/h3-5,10-11,16H,6-9,12-15H2,1-2H3,(H,32,35)/t23-,24-. The summed E-state index contributed by atoms with van der Waals surface area (Å²) in [6, 6.07) is 6.13. The van der Waals surface area contributed by atoms with E-state index in [1.807, 2.05) is 20.2 Å². The Kier molecular flexibility index (Phi) is 6.51. The molecule has 0 bridgehead atoms. The average molecular weight is 524 g/mol. The molecule has 1 aliphatic carbocycles. The number of carbonyl (C=O) groups excluding carboxylic acids is 1. The molecule has 0 radical (unpaired) electrons. The Morgan fingerprint density at radius 2 is 1.95 bits per heavy atom. The average Bonchev–Trinajstić information content (AvgIpc) is 3.13. The van der Waals surface area contributed by atoms with Crippen LogP contribution in [0.25, 0.3) is 0 Å². The minimum absolute atomic E-state index is 0.0521. The maximum atomic E-state index is 14.0. The first-order valence-electron chi connectivity index (χ1n) is 12.2. The zero-order chi connectivity index (χ0) is 26.4. The van der Waals surface area contributed by atoms with Gasteiger partial charge in [0, 0.05) is 11.5 Å². The van der Waals surface area contributed by atoms with Crippen LogP contribution in [0.15, 0.2) is 30.5 Å². The summed E-state index contributed by atoms with van der Waals surface area (Å²) in [6.45, 7) is 1.27. The van der Waals surface area contributed by atoms with Crippen LogP contribution < -0.4 is 15.0 Å². The maximum absolute atomic E-state index is 14.0. The van der Waals surface area contributed by atoms with Crippen molar-refractivity contribution in [3.63, 3.8) is 0 Å². The van der Waals surface area contributed by atoms with Crippen molar-refractivity contribution in [3.8, 4) is 5.88 Å². The fourth-order valence-corrected chi connectivity index (χ4v) is 5.47. The lowest BCUT2D eigenvalue weighted by atomic mass is 9.69. The summed E-state index contributed by atoms with van der Waals surface area (Å²) in [5.41, 5.74) is -0.0224. The van der Waals surface area contributed by atoms with E-state index in [0.29, 0.717) is 38.9 Å². The monoisotopic (exact) mass is 523 g/mol. The van der Waals surface area contributed by atoms with E-state index in [-0.39, 0.29) is 36.5 Å². The Morgan fingerprint density at radius 3 is 2.54 bits per heavy atom. The second-order valence-corrected chi connectivity index (χ2v) is 10.3. The Bertz CT molecular complexity index is 1160. The molecule has 2 aliphatic heterocycles. The first-order valence-corrected chi connectivity index (χ1v) is 12.2. The van der Waals surface area contributed by atoms with Gasteiger partial charge in [-0.05, 0) is 57.5 Å². The Labute approximate surface area is 212 Å². The number of alkyl halides is 3. The summed E-state index contributed by atoms with van der Waals surface area (Å²) < 4.78 is 64.7. The number of amides is 2. The van der Waals surface area contributed by atoms with Crippen molar-refractivity contribution in [2.24, 2.45) is 5.92 Å². The van der Waals surface area contributed by atoms with Crippen molar-refractivity contribution >= 4 is 11.7 Å². The van der Waals surface area contributed by atoms with E-state index in [9.17, 15) is 22.4 Å². The SMILES string of the molecule is CN(C)[C@]1(c2cccc(F)c2)CC[C@@]2(CC1)CN(c1cnc(C(F)(F)F)nc1OCC1COC1)C(=O)N2. The number of carbonyl (C=O) groups is 1. The minimum atomic E-state index is -4.75. The van der Waals surface area contributed by atoms with Crippen molar-refractivity contribution in [2.75, 3.05) is 45.4 Å². The van der Waals surface area contributed by atoms with Gasteiger partial charge in [-0.15, -0.1) is 0 Å². The van der Waals surface area contributed by atoms with Crippen LogP contribution >= 0.6 is 0 Å². The second-order valence-electron chi connectivity index (χ2n) is 10.3. The first-order chi connectivity index (χ1) is 17.5. The quantitative estimate of drug-likeness (QED) is 0.578. The van der Waals surface area contributed by atoms with Gasteiger partial charge in [0.15, 0.2) is 0 Å². The van der Waals surface area contributed by atoms with Crippen LogP contribution in [0.3, 0.4) is 0 Å². The van der Waals surface area contributed by atoms with Gasteiger partial charge in [0.2, 0.25) is 11.7 Å². The van der Waals surface area contributed by atoms with Crippen LogP contribution in [-0.4, -0.2) is 66.9 Å². The van der Waals surface area contributed by atoms with Gasteiger partial charge < -0.3 is 14.8 Å². The lowest BCUT2D eigenvalue weighted by Crippen LogP contribution is -2.54. The van der Waals surface area contributed by atoms with Gasteiger partial charge in [0.1, 0.15) is 11.5 Å². The van der Waals surface area contributed by atoms with Crippen LogP contribution in [0.1, 0.15) is 37.1 Å². The molecule has 2 amide bonds. The number of benzene rings is 1. The molecule has 200 valence electrons. The fourth-order valence-electron chi connectivity index (χ4n) is 5.47. The number of urea groups is 1. The smallest absolute Gasteiger partial charge is 0.451 e.